The first-order chi connectivity index (χ1) is 8.77. The minimum absolute atomic E-state index is 0.0415. The van der Waals surface area contributed by atoms with Crippen molar-refractivity contribution in [2.75, 3.05) is 12.0 Å². The number of thiophene rings is 1. The summed E-state index contributed by atoms with van der Waals surface area (Å²) in [6.07, 6.45) is 2.07. The highest BCUT2D eigenvalue weighted by Gasteiger charge is 2.27. The molecule has 0 bridgehead atoms. The maximum Gasteiger partial charge on any atom is 0.321 e. The number of sulfonamides is 1. The summed E-state index contributed by atoms with van der Waals surface area (Å²) < 4.78 is 27.5. The van der Waals surface area contributed by atoms with E-state index in [-0.39, 0.29) is 11.3 Å². The van der Waals surface area contributed by atoms with E-state index in [1.807, 2.05) is 6.26 Å². The summed E-state index contributed by atoms with van der Waals surface area (Å²) in [5.41, 5.74) is 0. The van der Waals surface area contributed by atoms with E-state index in [2.05, 4.69) is 36.6 Å². The summed E-state index contributed by atoms with van der Waals surface area (Å²) in [4.78, 5) is 11.1. The van der Waals surface area contributed by atoms with Crippen molar-refractivity contribution in [2.45, 2.75) is 17.4 Å². The summed E-state index contributed by atoms with van der Waals surface area (Å²) in [7, 11) is -3.85. The third kappa shape index (κ3) is 5.01. The Kier molecular flexibility index (Phi) is 6.81. The van der Waals surface area contributed by atoms with Crippen molar-refractivity contribution in [3.63, 3.8) is 0 Å². The standard InChI is InChI=1S/C9H11Br2NO4S3/c1-17-3-2-5(9(13)14)12-19(15,16)6-4-7(10)18-8(6)11/h4-5,12H,2-3H2,1H3,(H,13,14). The van der Waals surface area contributed by atoms with Crippen LogP contribution in [0.2, 0.25) is 0 Å². The van der Waals surface area contributed by atoms with Crippen molar-refractivity contribution in [1.82, 2.24) is 4.72 Å². The highest BCUT2D eigenvalue weighted by molar-refractivity contribution is 9.12. The molecule has 1 aromatic rings. The van der Waals surface area contributed by atoms with Gasteiger partial charge in [-0.15, -0.1) is 11.3 Å². The Morgan fingerprint density at radius 2 is 2.21 bits per heavy atom. The molecule has 0 saturated carbocycles. The van der Waals surface area contributed by atoms with Crippen LogP contribution in [0.15, 0.2) is 18.5 Å². The molecule has 0 aliphatic heterocycles. The molecule has 0 aliphatic rings. The van der Waals surface area contributed by atoms with Crippen LogP contribution in [0.5, 0.6) is 0 Å². The van der Waals surface area contributed by atoms with E-state index in [4.69, 9.17) is 5.11 Å². The number of thioether (sulfide) groups is 1. The second-order valence-corrected chi connectivity index (χ2v) is 9.90. The van der Waals surface area contributed by atoms with Gasteiger partial charge in [-0.3, -0.25) is 4.79 Å². The van der Waals surface area contributed by atoms with Crippen molar-refractivity contribution in [1.29, 1.82) is 0 Å². The van der Waals surface area contributed by atoms with Crippen molar-refractivity contribution in [3.8, 4) is 0 Å². The zero-order valence-electron chi connectivity index (χ0n) is 9.72. The number of carbonyl (C=O) groups is 1. The maximum absolute atomic E-state index is 12.1. The monoisotopic (exact) mass is 451 g/mol. The Morgan fingerprint density at radius 1 is 1.58 bits per heavy atom. The lowest BCUT2D eigenvalue weighted by molar-refractivity contribution is -0.139. The first kappa shape index (κ1) is 17.4. The van der Waals surface area contributed by atoms with Crippen LogP contribution in [-0.2, 0) is 14.8 Å². The zero-order valence-corrected chi connectivity index (χ0v) is 15.3. The van der Waals surface area contributed by atoms with Crippen LogP contribution in [-0.4, -0.2) is 37.5 Å². The van der Waals surface area contributed by atoms with Crippen molar-refractivity contribution in [3.05, 3.63) is 13.6 Å². The van der Waals surface area contributed by atoms with Gasteiger partial charge in [-0.05, 0) is 56.4 Å². The van der Waals surface area contributed by atoms with Crippen molar-refractivity contribution >= 4 is 71.0 Å². The Bertz CT molecular complexity index is 558. The van der Waals surface area contributed by atoms with Crippen LogP contribution >= 0.6 is 55.0 Å². The van der Waals surface area contributed by atoms with E-state index in [9.17, 15) is 13.2 Å². The average Bonchev–Trinajstić information content (AvgIpc) is 2.64. The van der Waals surface area contributed by atoms with Crippen LogP contribution in [0.25, 0.3) is 0 Å². The Balaban J connectivity index is 2.94. The molecule has 5 nitrogen and oxygen atoms in total. The fraction of sp³-hybridized carbons (Fsp3) is 0.444. The van der Waals surface area contributed by atoms with E-state index >= 15 is 0 Å². The van der Waals surface area contributed by atoms with E-state index in [1.165, 1.54) is 29.2 Å². The van der Waals surface area contributed by atoms with E-state index in [1.54, 1.807) is 0 Å². The quantitative estimate of drug-likeness (QED) is 0.664. The number of aliphatic carboxylic acids is 1. The molecule has 108 valence electrons. The number of carboxylic acids is 1. The van der Waals surface area contributed by atoms with Gasteiger partial charge < -0.3 is 5.11 Å². The predicted molar refractivity (Wildman–Crippen MR) is 84.5 cm³/mol. The second-order valence-electron chi connectivity index (χ2n) is 3.48. The van der Waals surface area contributed by atoms with Gasteiger partial charge in [-0.25, -0.2) is 8.42 Å². The third-order valence-electron chi connectivity index (χ3n) is 2.12. The largest absolute Gasteiger partial charge is 0.480 e. The summed E-state index contributed by atoms with van der Waals surface area (Å²) in [6.45, 7) is 0. The van der Waals surface area contributed by atoms with E-state index < -0.39 is 22.0 Å². The van der Waals surface area contributed by atoms with Gasteiger partial charge in [0.1, 0.15) is 10.9 Å². The lowest BCUT2D eigenvalue weighted by atomic mass is 10.2. The molecule has 0 fully saturated rings. The van der Waals surface area contributed by atoms with Crippen molar-refractivity contribution < 1.29 is 18.3 Å². The lowest BCUT2D eigenvalue weighted by Gasteiger charge is -2.13. The molecule has 0 amide bonds. The number of nitrogens with one attached hydrogen (secondary N) is 1. The van der Waals surface area contributed by atoms with Gasteiger partial charge >= 0.3 is 5.97 Å². The molecule has 0 aromatic carbocycles. The number of halogens is 2. The smallest absolute Gasteiger partial charge is 0.321 e. The molecule has 1 rings (SSSR count). The minimum atomic E-state index is -3.85. The Morgan fingerprint density at radius 3 is 2.63 bits per heavy atom. The van der Waals surface area contributed by atoms with Gasteiger partial charge in [-0.2, -0.15) is 16.5 Å². The predicted octanol–water partition coefficient (Wildman–Crippen LogP) is 2.76. The first-order valence-electron chi connectivity index (χ1n) is 4.97. The van der Waals surface area contributed by atoms with Gasteiger partial charge in [0, 0.05) is 0 Å². The molecule has 0 saturated heterocycles. The lowest BCUT2D eigenvalue weighted by Crippen LogP contribution is -2.41. The second kappa shape index (κ2) is 7.41. The molecular weight excluding hydrogens is 442 g/mol. The summed E-state index contributed by atoms with van der Waals surface area (Å²) in [5.74, 6) is -0.614. The molecule has 1 aromatic heterocycles. The molecule has 0 aliphatic carbocycles. The SMILES string of the molecule is CSCCC(NS(=O)(=O)c1cc(Br)sc1Br)C(=O)O. The summed E-state index contributed by atoms with van der Waals surface area (Å²) in [6, 6.07) is 0.313. The van der Waals surface area contributed by atoms with Crippen LogP contribution in [0.3, 0.4) is 0 Å². The fourth-order valence-corrected chi connectivity index (χ4v) is 6.73. The molecule has 10 heteroatoms. The molecule has 1 unspecified atom stereocenters. The van der Waals surface area contributed by atoms with E-state index in [0.29, 0.717) is 13.3 Å². The Hall–Kier alpha value is 0.390. The highest BCUT2D eigenvalue weighted by atomic mass is 79.9. The first-order valence-corrected chi connectivity index (χ1v) is 10.2. The van der Waals surface area contributed by atoms with Crippen LogP contribution in [0.4, 0.5) is 0 Å². The van der Waals surface area contributed by atoms with Gasteiger partial charge in [0.2, 0.25) is 10.0 Å². The zero-order chi connectivity index (χ0) is 14.6. The van der Waals surface area contributed by atoms with Crippen LogP contribution in [0, 0.1) is 0 Å². The molecular formula is C9H11Br2NO4S3. The molecule has 1 heterocycles. The van der Waals surface area contributed by atoms with E-state index in [0.717, 1.165) is 0 Å². The van der Waals surface area contributed by atoms with Crippen molar-refractivity contribution in [2.24, 2.45) is 0 Å². The number of carboxylic acid groups (broad SMARTS) is 1. The minimum Gasteiger partial charge on any atom is -0.480 e. The molecule has 19 heavy (non-hydrogen) atoms. The number of rotatable bonds is 7. The van der Waals surface area contributed by atoms with Gasteiger partial charge in [0.25, 0.3) is 0 Å². The fourth-order valence-electron chi connectivity index (χ4n) is 1.23. The Labute approximate surface area is 136 Å². The number of hydrogen-bond acceptors (Lipinski definition) is 5. The van der Waals surface area contributed by atoms with Gasteiger partial charge in [-0.1, -0.05) is 0 Å². The number of hydrogen-bond donors (Lipinski definition) is 2. The van der Waals surface area contributed by atoms with Gasteiger partial charge in [0.05, 0.1) is 7.57 Å². The topological polar surface area (TPSA) is 83.5 Å². The molecule has 0 spiro atoms. The van der Waals surface area contributed by atoms with Gasteiger partial charge in [0.15, 0.2) is 0 Å². The highest BCUT2D eigenvalue weighted by Crippen LogP contribution is 2.34. The summed E-state index contributed by atoms with van der Waals surface area (Å²) >= 11 is 9.02. The van der Waals surface area contributed by atoms with Crippen LogP contribution in [0.1, 0.15) is 6.42 Å². The summed E-state index contributed by atoms with van der Waals surface area (Å²) in [5, 5.41) is 9.03. The van der Waals surface area contributed by atoms with Crippen LogP contribution < -0.4 is 4.72 Å². The molecule has 1 atom stereocenters. The molecule has 0 radical (unpaired) electrons. The third-order valence-corrected chi connectivity index (χ3v) is 6.99. The average molecular weight is 453 g/mol. The molecule has 2 N–H and O–H groups in total. The normalized spacial score (nSPS) is 13.4. The maximum atomic E-state index is 12.1.